The minimum absolute atomic E-state index is 0. The van der Waals surface area contributed by atoms with Gasteiger partial charge in [-0.15, -0.1) is 0 Å². The highest BCUT2D eigenvalue weighted by molar-refractivity contribution is 5.72. The third-order valence-electron chi connectivity index (χ3n) is 1.37. The van der Waals surface area contributed by atoms with Crippen LogP contribution in [0.2, 0.25) is 0 Å². The van der Waals surface area contributed by atoms with Crippen LogP contribution in [0.3, 0.4) is 0 Å². The van der Waals surface area contributed by atoms with E-state index in [1.54, 1.807) is 0 Å². The number of amides is 2. The molecule has 154 valence electrons. The lowest BCUT2D eigenvalue weighted by Gasteiger charge is -1.89. The van der Waals surface area contributed by atoms with Crippen LogP contribution < -0.4 is 22.1 Å². The zero-order chi connectivity index (χ0) is 18.2. The molecule has 1 aromatic carbocycles. The standard InChI is InChI=1S/C6H6.2C3H8N2O.2C2H6.3CH4/c1-2-4-6-5-3-1;2*1-3(6)5-2-4;2*1-2;;;/h1-6H;2*2,4H2,1H3,(H,5,6);2*1-2H3;3*1H4. The summed E-state index contributed by atoms with van der Waals surface area (Å²) in [6, 6.07) is 12.0. The van der Waals surface area contributed by atoms with Crippen LogP contribution in [0.4, 0.5) is 0 Å². The van der Waals surface area contributed by atoms with E-state index in [-0.39, 0.29) is 47.4 Å². The average Bonchev–Trinajstić information content (AvgIpc) is 2.54. The molecule has 0 aliphatic heterocycles. The van der Waals surface area contributed by atoms with Crippen molar-refractivity contribution in [3.8, 4) is 0 Å². The molecule has 1 rings (SSSR count). The van der Waals surface area contributed by atoms with E-state index in [2.05, 4.69) is 10.6 Å². The smallest absolute Gasteiger partial charge is 0.217 e. The van der Waals surface area contributed by atoms with E-state index in [4.69, 9.17) is 11.5 Å². The molecule has 25 heavy (non-hydrogen) atoms. The van der Waals surface area contributed by atoms with E-state index in [9.17, 15) is 9.59 Å². The number of benzene rings is 1. The Morgan fingerprint density at radius 3 is 0.840 bits per heavy atom. The number of hydrogen-bond acceptors (Lipinski definition) is 4. The fraction of sp³-hybridized carbons (Fsp3) is 0.579. The van der Waals surface area contributed by atoms with Crippen LogP contribution in [0.15, 0.2) is 36.4 Å². The molecule has 6 nitrogen and oxygen atoms in total. The Hall–Kier alpha value is -1.92. The van der Waals surface area contributed by atoms with Crippen molar-refractivity contribution >= 4 is 11.8 Å². The van der Waals surface area contributed by atoms with Gasteiger partial charge in [0.25, 0.3) is 0 Å². The lowest BCUT2D eigenvalue weighted by Crippen LogP contribution is -2.26. The molecule has 0 saturated carbocycles. The highest BCUT2D eigenvalue weighted by atomic mass is 16.2. The lowest BCUT2D eigenvalue weighted by atomic mass is 10.4. The summed E-state index contributed by atoms with van der Waals surface area (Å²) in [4.78, 5) is 19.7. The van der Waals surface area contributed by atoms with Gasteiger partial charge in [-0.3, -0.25) is 9.59 Å². The number of nitrogens with two attached hydrogens (primary N) is 2. The molecule has 0 radical (unpaired) electrons. The van der Waals surface area contributed by atoms with Gasteiger partial charge in [-0.2, -0.15) is 0 Å². The molecule has 1 aromatic rings. The molecule has 2 amide bonds. The van der Waals surface area contributed by atoms with Gasteiger partial charge in [-0.05, 0) is 0 Å². The average molecular weight is 363 g/mol. The molecule has 0 aliphatic carbocycles. The number of hydrogen-bond donors (Lipinski definition) is 4. The minimum Gasteiger partial charge on any atom is -0.344 e. The van der Waals surface area contributed by atoms with E-state index in [0.717, 1.165) is 0 Å². The van der Waals surface area contributed by atoms with Crippen molar-refractivity contribution < 1.29 is 9.59 Å². The minimum atomic E-state index is -0.0856. The topological polar surface area (TPSA) is 110 Å². The molecule has 0 aromatic heterocycles. The fourth-order valence-electron chi connectivity index (χ4n) is 0.672. The SMILES string of the molecule is C.C.C.CC.CC.CC(=O)NCN.CC(=O)NCN.c1ccccc1. The van der Waals surface area contributed by atoms with Gasteiger partial charge < -0.3 is 22.1 Å². The van der Waals surface area contributed by atoms with Crippen LogP contribution in [0.1, 0.15) is 63.8 Å². The van der Waals surface area contributed by atoms with Gasteiger partial charge in [0.15, 0.2) is 0 Å². The first-order chi connectivity index (χ1) is 10.5. The predicted molar refractivity (Wildman–Crippen MR) is 115 cm³/mol. The molecule has 0 spiro atoms. The molecule has 0 unspecified atom stereocenters. The van der Waals surface area contributed by atoms with Crippen LogP contribution in [-0.4, -0.2) is 25.2 Å². The molecular weight excluding hydrogens is 316 g/mol. The number of nitrogens with one attached hydrogen (secondary N) is 2. The van der Waals surface area contributed by atoms with E-state index < -0.39 is 0 Å². The van der Waals surface area contributed by atoms with Crippen molar-refractivity contribution in [1.29, 1.82) is 0 Å². The van der Waals surface area contributed by atoms with Crippen molar-refractivity contribution in [3.05, 3.63) is 36.4 Å². The van der Waals surface area contributed by atoms with Gasteiger partial charge in [-0.1, -0.05) is 86.4 Å². The Labute approximate surface area is 157 Å². The van der Waals surface area contributed by atoms with Crippen LogP contribution in [-0.2, 0) is 9.59 Å². The Bertz CT molecular complexity index is 265. The zero-order valence-corrected chi connectivity index (χ0v) is 14.8. The maximum Gasteiger partial charge on any atom is 0.217 e. The molecule has 0 bridgehead atoms. The third kappa shape index (κ3) is 87.6. The van der Waals surface area contributed by atoms with Crippen LogP contribution in [0, 0.1) is 0 Å². The summed E-state index contributed by atoms with van der Waals surface area (Å²) < 4.78 is 0. The highest BCUT2D eigenvalue weighted by Crippen LogP contribution is 1.79. The predicted octanol–water partition coefficient (Wildman–Crippen LogP) is 3.72. The second-order valence-corrected chi connectivity index (χ2v) is 3.03. The van der Waals surface area contributed by atoms with Crippen LogP contribution in [0.25, 0.3) is 0 Å². The number of carbonyl (C=O) groups is 2. The summed E-state index contributed by atoms with van der Waals surface area (Å²) in [5.74, 6) is -0.171. The Balaban J connectivity index is -0.0000000334. The Morgan fingerprint density at radius 1 is 0.640 bits per heavy atom. The van der Waals surface area contributed by atoms with E-state index >= 15 is 0 Å². The molecule has 0 aliphatic rings. The normalized spacial score (nSPS) is 6.08. The molecular formula is C19H46N4O2. The third-order valence-corrected chi connectivity index (χ3v) is 1.37. The van der Waals surface area contributed by atoms with Crippen molar-refractivity contribution in [1.82, 2.24) is 10.6 Å². The van der Waals surface area contributed by atoms with Crippen molar-refractivity contribution in [2.45, 2.75) is 63.8 Å². The fourth-order valence-corrected chi connectivity index (χ4v) is 0.672. The summed E-state index contributed by atoms with van der Waals surface area (Å²) in [5.41, 5.74) is 9.80. The number of carbonyl (C=O) groups excluding carboxylic acids is 2. The maximum absolute atomic E-state index is 9.85. The summed E-state index contributed by atoms with van der Waals surface area (Å²) in [6.07, 6.45) is 0. The molecule has 6 N–H and O–H groups in total. The van der Waals surface area contributed by atoms with Gasteiger partial charge in [0.1, 0.15) is 0 Å². The summed E-state index contributed by atoms with van der Waals surface area (Å²) in [6.45, 7) is 11.3. The first-order valence-electron chi connectivity index (χ1n) is 7.43. The van der Waals surface area contributed by atoms with Gasteiger partial charge in [-0.25, -0.2) is 0 Å². The second kappa shape index (κ2) is 49.5. The van der Waals surface area contributed by atoms with Gasteiger partial charge in [0.05, 0.1) is 13.3 Å². The first-order valence-corrected chi connectivity index (χ1v) is 7.43. The second-order valence-electron chi connectivity index (χ2n) is 3.03. The van der Waals surface area contributed by atoms with E-state index in [1.165, 1.54) is 13.8 Å². The number of rotatable bonds is 2. The van der Waals surface area contributed by atoms with Gasteiger partial charge in [0, 0.05) is 13.8 Å². The Morgan fingerprint density at radius 2 is 0.800 bits per heavy atom. The highest BCUT2D eigenvalue weighted by Gasteiger charge is 1.79. The largest absolute Gasteiger partial charge is 0.344 e. The molecule has 6 heteroatoms. The van der Waals surface area contributed by atoms with Gasteiger partial charge in [0.2, 0.25) is 11.8 Å². The monoisotopic (exact) mass is 362 g/mol. The molecule has 0 fully saturated rings. The first kappa shape index (κ1) is 43.5. The quantitative estimate of drug-likeness (QED) is 0.601. The van der Waals surface area contributed by atoms with Crippen LogP contribution in [0.5, 0.6) is 0 Å². The zero-order valence-electron chi connectivity index (χ0n) is 14.8. The van der Waals surface area contributed by atoms with Crippen molar-refractivity contribution in [3.63, 3.8) is 0 Å². The van der Waals surface area contributed by atoms with Crippen molar-refractivity contribution in [2.24, 2.45) is 11.5 Å². The van der Waals surface area contributed by atoms with E-state index in [0.29, 0.717) is 0 Å². The Kier molecular flexibility index (Phi) is 86.2. The summed E-state index contributed by atoms with van der Waals surface area (Å²) in [7, 11) is 0. The lowest BCUT2D eigenvalue weighted by molar-refractivity contribution is -0.119. The van der Waals surface area contributed by atoms with E-state index in [1.807, 2.05) is 64.1 Å². The molecule has 0 heterocycles. The molecule has 0 saturated heterocycles. The van der Waals surface area contributed by atoms with Gasteiger partial charge >= 0.3 is 0 Å². The van der Waals surface area contributed by atoms with Crippen LogP contribution >= 0.6 is 0 Å². The summed E-state index contributed by atoms with van der Waals surface area (Å²) in [5, 5.41) is 4.69. The van der Waals surface area contributed by atoms with Crippen molar-refractivity contribution in [2.75, 3.05) is 13.3 Å². The summed E-state index contributed by atoms with van der Waals surface area (Å²) >= 11 is 0. The molecule has 0 atom stereocenters. The maximum atomic E-state index is 9.85.